The number of likely N-dealkylation sites (tertiary alicyclic amines) is 1. The smallest absolute Gasteiger partial charge is 0.254 e. The van der Waals surface area contributed by atoms with E-state index in [0.29, 0.717) is 6.61 Å². The third kappa shape index (κ3) is 5.82. The Bertz CT molecular complexity index is 1230. The summed E-state index contributed by atoms with van der Waals surface area (Å²) in [5.74, 6) is 0.996. The Kier molecular flexibility index (Phi) is 7.79. The zero-order chi connectivity index (χ0) is 25.8. The van der Waals surface area contributed by atoms with Crippen LogP contribution in [-0.2, 0) is 11.3 Å². The number of fused-ring (bicyclic) bond motifs is 1. The van der Waals surface area contributed by atoms with Gasteiger partial charge in [-0.05, 0) is 74.6 Å². The number of nitrogens with zero attached hydrogens (tertiary/aromatic N) is 3. The fourth-order valence-corrected chi connectivity index (χ4v) is 5.62. The van der Waals surface area contributed by atoms with Crippen LogP contribution in [0.4, 0.5) is 0 Å². The fourth-order valence-electron chi connectivity index (χ4n) is 5.62. The normalized spacial score (nSPS) is 18.8. The van der Waals surface area contributed by atoms with E-state index in [1.165, 1.54) is 11.1 Å². The SMILES string of the molecule is Cc1[nH]c2ccc(C(=O)N3CCCCC3CCOc3ccc(CN4CCN(C=O)CC4)cc3)cc2c1C. The van der Waals surface area contributed by atoms with Crippen LogP contribution in [0.3, 0.4) is 0 Å². The van der Waals surface area contributed by atoms with Gasteiger partial charge in [-0.15, -0.1) is 0 Å². The molecule has 2 amide bonds. The molecule has 37 heavy (non-hydrogen) atoms. The van der Waals surface area contributed by atoms with E-state index in [0.717, 1.165) is 99.3 Å². The summed E-state index contributed by atoms with van der Waals surface area (Å²) in [5.41, 5.74) is 5.46. The predicted molar refractivity (Wildman–Crippen MR) is 146 cm³/mol. The molecule has 3 heterocycles. The highest BCUT2D eigenvalue weighted by atomic mass is 16.5. The number of amides is 2. The van der Waals surface area contributed by atoms with Gasteiger partial charge in [0.05, 0.1) is 6.61 Å². The molecule has 0 bridgehead atoms. The van der Waals surface area contributed by atoms with E-state index in [-0.39, 0.29) is 11.9 Å². The maximum atomic E-state index is 13.5. The highest BCUT2D eigenvalue weighted by Crippen LogP contribution is 2.26. The number of piperazine rings is 1. The standard InChI is InChI=1S/C30H38N4O3/c1-22-23(2)31-29-11-8-25(19-28(22)29)30(36)34-13-4-3-5-26(34)12-18-37-27-9-6-24(7-10-27)20-32-14-16-33(21-35)17-15-32/h6-11,19,21,26,31H,3-5,12-18,20H2,1-2H3. The summed E-state index contributed by atoms with van der Waals surface area (Å²) < 4.78 is 6.09. The van der Waals surface area contributed by atoms with E-state index < -0.39 is 0 Å². The Balaban J connectivity index is 1.14. The zero-order valence-corrected chi connectivity index (χ0v) is 22.0. The molecule has 0 aliphatic carbocycles. The van der Waals surface area contributed by atoms with Gasteiger partial charge in [0.1, 0.15) is 5.75 Å². The highest BCUT2D eigenvalue weighted by molar-refractivity contribution is 5.99. The van der Waals surface area contributed by atoms with E-state index >= 15 is 0 Å². The number of H-pyrrole nitrogens is 1. The second-order valence-electron chi connectivity index (χ2n) is 10.5. The molecule has 7 nitrogen and oxygen atoms in total. The van der Waals surface area contributed by atoms with E-state index in [1.807, 2.05) is 35.2 Å². The van der Waals surface area contributed by atoms with Crippen molar-refractivity contribution in [1.82, 2.24) is 19.7 Å². The van der Waals surface area contributed by atoms with Gasteiger partial charge >= 0.3 is 0 Å². The van der Waals surface area contributed by atoms with Gasteiger partial charge in [0, 0.05) is 73.9 Å². The molecule has 3 aromatic rings. The lowest BCUT2D eigenvalue weighted by Gasteiger charge is -2.36. The molecule has 1 unspecified atom stereocenters. The number of nitrogens with one attached hydrogen (secondary N) is 1. The molecule has 1 N–H and O–H groups in total. The molecular weight excluding hydrogens is 464 g/mol. The lowest BCUT2D eigenvalue weighted by atomic mass is 9.98. The van der Waals surface area contributed by atoms with Crippen molar-refractivity contribution in [1.29, 1.82) is 0 Å². The number of aromatic amines is 1. The molecule has 2 saturated heterocycles. The molecule has 0 saturated carbocycles. The summed E-state index contributed by atoms with van der Waals surface area (Å²) in [6, 6.07) is 14.6. The average Bonchev–Trinajstić information content (AvgIpc) is 3.22. The van der Waals surface area contributed by atoms with Crippen LogP contribution in [0.5, 0.6) is 5.75 Å². The first-order chi connectivity index (χ1) is 18.0. The lowest BCUT2D eigenvalue weighted by molar-refractivity contribution is -0.119. The van der Waals surface area contributed by atoms with Gasteiger partial charge < -0.3 is 19.5 Å². The highest BCUT2D eigenvalue weighted by Gasteiger charge is 2.28. The zero-order valence-electron chi connectivity index (χ0n) is 22.0. The van der Waals surface area contributed by atoms with Crippen LogP contribution in [0, 0.1) is 13.8 Å². The number of piperidine rings is 1. The Hall–Kier alpha value is -3.32. The van der Waals surface area contributed by atoms with E-state index in [1.54, 1.807) is 0 Å². The minimum Gasteiger partial charge on any atom is -0.494 e. The topological polar surface area (TPSA) is 68.9 Å². The maximum Gasteiger partial charge on any atom is 0.254 e. The van der Waals surface area contributed by atoms with Gasteiger partial charge in [-0.3, -0.25) is 14.5 Å². The van der Waals surface area contributed by atoms with Crippen molar-refractivity contribution in [2.24, 2.45) is 0 Å². The van der Waals surface area contributed by atoms with Crippen LogP contribution in [0.1, 0.15) is 52.9 Å². The van der Waals surface area contributed by atoms with E-state index in [9.17, 15) is 9.59 Å². The van der Waals surface area contributed by atoms with Crippen molar-refractivity contribution in [3.05, 3.63) is 64.8 Å². The first kappa shape index (κ1) is 25.3. The van der Waals surface area contributed by atoms with Crippen LogP contribution in [0.25, 0.3) is 10.9 Å². The molecule has 1 atom stereocenters. The molecule has 7 heteroatoms. The van der Waals surface area contributed by atoms with Gasteiger partial charge in [-0.25, -0.2) is 0 Å². The number of rotatable bonds is 8. The van der Waals surface area contributed by atoms with Gasteiger partial charge in [0.15, 0.2) is 0 Å². The number of hydrogen-bond donors (Lipinski definition) is 1. The Morgan fingerprint density at radius 2 is 1.81 bits per heavy atom. The molecule has 2 aromatic carbocycles. The molecule has 2 aliphatic heterocycles. The Morgan fingerprint density at radius 3 is 2.57 bits per heavy atom. The third-order valence-corrected chi connectivity index (χ3v) is 8.05. The Morgan fingerprint density at radius 1 is 1.03 bits per heavy atom. The first-order valence-corrected chi connectivity index (χ1v) is 13.5. The van der Waals surface area contributed by atoms with Crippen molar-refractivity contribution < 1.29 is 14.3 Å². The number of ether oxygens (including phenoxy) is 1. The molecule has 1 aromatic heterocycles. The van der Waals surface area contributed by atoms with Crippen molar-refractivity contribution >= 4 is 23.2 Å². The van der Waals surface area contributed by atoms with Crippen LogP contribution < -0.4 is 4.74 Å². The number of hydrogen-bond acceptors (Lipinski definition) is 4. The monoisotopic (exact) mass is 502 g/mol. The van der Waals surface area contributed by atoms with Gasteiger partial charge in [-0.1, -0.05) is 12.1 Å². The van der Waals surface area contributed by atoms with Crippen molar-refractivity contribution in [2.75, 3.05) is 39.3 Å². The average molecular weight is 503 g/mol. The molecule has 5 rings (SSSR count). The van der Waals surface area contributed by atoms with Gasteiger partial charge in [0.2, 0.25) is 6.41 Å². The third-order valence-electron chi connectivity index (χ3n) is 8.05. The van der Waals surface area contributed by atoms with E-state index in [4.69, 9.17) is 4.74 Å². The number of carbonyl (C=O) groups is 2. The minimum atomic E-state index is 0.128. The number of aryl methyl sites for hydroxylation is 2. The van der Waals surface area contributed by atoms with Gasteiger partial charge in [-0.2, -0.15) is 0 Å². The summed E-state index contributed by atoms with van der Waals surface area (Å²) in [5, 5.41) is 1.13. The minimum absolute atomic E-state index is 0.128. The molecule has 2 fully saturated rings. The van der Waals surface area contributed by atoms with Crippen molar-refractivity contribution in [2.45, 2.75) is 52.1 Å². The van der Waals surface area contributed by atoms with Crippen LogP contribution >= 0.6 is 0 Å². The molecule has 2 aliphatic rings. The summed E-state index contributed by atoms with van der Waals surface area (Å²) in [7, 11) is 0. The summed E-state index contributed by atoms with van der Waals surface area (Å²) in [6.07, 6.45) is 5.00. The molecule has 0 radical (unpaired) electrons. The molecular formula is C30H38N4O3. The number of carbonyl (C=O) groups excluding carboxylic acids is 2. The summed E-state index contributed by atoms with van der Waals surface area (Å²) in [4.78, 5) is 34.1. The number of benzene rings is 2. The second kappa shape index (κ2) is 11.4. The maximum absolute atomic E-state index is 13.5. The van der Waals surface area contributed by atoms with Crippen LogP contribution in [-0.4, -0.2) is 77.4 Å². The van der Waals surface area contributed by atoms with Crippen molar-refractivity contribution in [3.63, 3.8) is 0 Å². The quantitative estimate of drug-likeness (QED) is 0.460. The predicted octanol–water partition coefficient (Wildman–Crippen LogP) is 4.52. The van der Waals surface area contributed by atoms with Crippen molar-refractivity contribution in [3.8, 4) is 5.75 Å². The Labute approximate surface area is 219 Å². The lowest BCUT2D eigenvalue weighted by Crippen LogP contribution is -2.45. The fraction of sp³-hybridized carbons (Fsp3) is 0.467. The largest absolute Gasteiger partial charge is 0.494 e. The second-order valence-corrected chi connectivity index (χ2v) is 10.5. The molecule has 196 valence electrons. The molecule has 0 spiro atoms. The summed E-state index contributed by atoms with van der Waals surface area (Å²) >= 11 is 0. The van der Waals surface area contributed by atoms with Crippen LogP contribution in [0.2, 0.25) is 0 Å². The van der Waals surface area contributed by atoms with Crippen LogP contribution in [0.15, 0.2) is 42.5 Å². The van der Waals surface area contributed by atoms with E-state index in [2.05, 4.69) is 40.8 Å². The van der Waals surface area contributed by atoms with Gasteiger partial charge in [0.25, 0.3) is 5.91 Å². The number of aromatic nitrogens is 1. The summed E-state index contributed by atoms with van der Waals surface area (Å²) in [6.45, 7) is 9.88. The first-order valence-electron chi connectivity index (χ1n) is 13.5.